The van der Waals surface area contributed by atoms with Gasteiger partial charge in [0.25, 0.3) is 5.91 Å². The van der Waals surface area contributed by atoms with Crippen molar-refractivity contribution in [2.45, 2.75) is 37.5 Å². The Balaban J connectivity index is 1.57. The largest absolute Gasteiger partial charge is 0.472 e. The van der Waals surface area contributed by atoms with Crippen molar-refractivity contribution in [2.75, 3.05) is 6.54 Å². The van der Waals surface area contributed by atoms with Gasteiger partial charge in [0.2, 0.25) is 5.88 Å². The zero-order valence-electron chi connectivity index (χ0n) is 13.2. The molecule has 1 saturated heterocycles. The van der Waals surface area contributed by atoms with Crippen LogP contribution in [0.5, 0.6) is 5.88 Å². The molecule has 0 spiro atoms. The van der Waals surface area contributed by atoms with Crippen LogP contribution in [0.1, 0.15) is 29.8 Å². The van der Waals surface area contributed by atoms with Crippen LogP contribution in [0.25, 0.3) is 0 Å². The highest BCUT2D eigenvalue weighted by Gasteiger charge is 2.45. The van der Waals surface area contributed by atoms with E-state index in [9.17, 15) is 9.90 Å². The molecule has 1 N–H and O–H groups in total. The first-order valence-corrected chi connectivity index (χ1v) is 8.32. The first kappa shape index (κ1) is 15.2. The lowest BCUT2D eigenvalue weighted by molar-refractivity contribution is -0.0715. The molecule has 1 aliphatic carbocycles. The van der Waals surface area contributed by atoms with Crippen LogP contribution in [0.3, 0.4) is 0 Å². The highest BCUT2D eigenvalue weighted by molar-refractivity contribution is 5.91. The quantitative estimate of drug-likeness (QED) is 0.934. The van der Waals surface area contributed by atoms with E-state index in [-0.39, 0.29) is 24.0 Å². The van der Waals surface area contributed by atoms with Crippen molar-refractivity contribution >= 4 is 5.91 Å². The van der Waals surface area contributed by atoms with Crippen LogP contribution < -0.4 is 4.74 Å². The number of furan rings is 1. The van der Waals surface area contributed by atoms with E-state index in [1.807, 2.05) is 17.0 Å². The number of hydrogen-bond donors (Lipinski definition) is 1. The maximum Gasteiger partial charge on any atom is 0.289 e. The zero-order valence-corrected chi connectivity index (χ0v) is 13.2. The molecule has 6 nitrogen and oxygen atoms in total. The first-order chi connectivity index (χ1) is 11.7. The summed E-state index contributed by atoms with van der Waals surface area (Å²) in [5, 5.41) is 10.4. The van der Waals surface area contributed by atoms with E-state index in [1.54, 1.807) is 24.4 Å². The average Bonchev–Trinajstić information content (AvgIpc) is 3.14. The molecule has 126 valence electrons. The number of rotatable bonds is 3. The van der Waals surface area contributed by atoms with E-state index in [2.05, 4.69) is 4.98 Å². The summed E-state index contributed by atoms with van der Waals surface area (Å²) in [6.07, 6.45) is 4.74. The Morgan fingerprint density at radius 1 is 1.29 bits per heavy atom. The maximum atomic E-state index is 12.7. The van der Waals surface area contributed by atoms with E-state index >= 15 is 0 Å². The van der Waals surface area contributed by atoms with Gasteiger partial charge < -0.3 is 19.2 Å². The summed E-state index contributed by atoms with van der Waals surface area (Å²) < 4.78 is 11.3. The van der Waals surface area contributed by atoms with Gasteiger partial charge >= 0.3 is 0 Å². The fraction of sp³-hybridized carbons (Fsp3) is 0.444. The molecular formula is C18H20N2O4. The molecule has 0 aromatic carbocycles. The normalized spacial score (nSPS) is 29.3. The van der Waals surface area contributed by atoms with E-state index < -0.39 is 6.10 Å². The summed E-state index contributed by atoms with van der Waals surface area (Å²) in [5.74, 6) is 0.765. The molecule has 6 heteroatoms. The Bertz CT molecular complexity index is 688. The Kier molecular flexibility index (Phi) is 3.98. The Labute approximate surface area is 140 Å². The van der Waals surface area contributed by atoms with Gasteiger partial charge in [-0.3, -0.25) is 4.79 Å². The lowest BCUT2D eigenvalue weighted by atomic mass is 9.76. The summed E-state index contributed by atoms with van der Waals surface area (Å²) in [4.78, 5) is 18.8. The molecule has 4 rings (SSSR count). The van der Waals surface area contributed by atoms with Gasteiger partial charge in [-0.2, -0.15) is 0 Å². The van der Waals surface area contributed by atoms with E-state index in [0.717, 1.165) is 12.8 Å². The highest BCUT2D eigenvalue weighted by Crippen LogP contribution is 2.37. The second-order valence-corrected chi connectivity index (χ2v) is 6.46. The number of likely N-dealkylation sites (tertiary alicyclic amines) is 1. The number of piperidine rings is 1. The highest BCUT2D eigenvalue weighted by atomic mass is 16.5. The van der Waals surface area contributed by atoms with Crippen molar-refractivity contribution in [1.29, 1.82) is 0 Å². The third kappa shape index (κ3) is 2.78. The molecule has 1 aliphatic heterocycles. The molecule has 1 amide bonds. The van der Waals surface area contributed by atoms with Gasteiger partial charge in [0, 0.05) is 24.2 Å². The number of fused-ring (bicyclic) bond motifs is 2. The minimum Gasteiger partial charge on any atom is -0.472 e. The van der Waals surface area contributed by atoms with E-state index in [4.69, 9.17) is 9.15 Å². The zero-order chi connectivity index (χ0) is 16.5. The van der Waals surface area contributed by atoms with Gasteiger partial charge in [-0.25, -0.2) is 4.98 Å². The minimum absolute atomic E-state index is 0.0198. The van der Waals surface area contributed by atoms with Crippen LogP contribution in [0, 0.1) is 5.92 Å². The number of nitrogens with zero attached hydrogens (tertiary/aromatic N) is 2. The smallest absolute Gasteiger partial charge is 0.289 e. The van der Waals surface area contributed by atoms with Crippen molar-refractivity contribution in [1.82, 2.24) is 9.88 Å². The third-order valence-electron chi connectivity index (χ3n) is 5.03. The average molecular weight is 328 g/mol. The van der Waals surface area contributed by atoms with Gasteiger partial charge in [-0.05, 0) is 37.5 Å². The topological polar surface area (TPSA) is 75.8 Å². The standard InChI is InChI=1S/C18H20N2O4/c21-14-7-6-12-10-13(14)16(24-17-5-1-2-8-19-17)11-20(12)18(22)15-4-3-9-23-15/h1-5,8-9,12-14,16,21H,6-7,10-11H2/t12-,13-,14+,16-/m0/s1. The minimum atomic E-state index is -0.393. The molecule has 2 aliphatic rings. The monoisotopic (exact) mass is 328 g/mol. The van der Waals surface area contributed by atoms with Crippen LogP contribution in [0.4, 0.5) is 0 Å². The van der Waals surface area contributed by atoms with Crippen molar-refractivity contribution in [2.24, 2.45) is 5.92 Å². The Hall–Kier alpha value is -2.34. The third-order valence-corrected chi connectivity index (χ3v) is 5.03. The summed E-state index contributed by atoms with van der Waals surface area (Å²) >= 11 is 0. The summed E-state index contributed by atoms with van der Waals surface area (Å²) in [6, 6.07) is 9.00. The van der Waals surface area contributed by atoms with Crippen molar-refractivity contribution < 1.29 is 19.1 Å². The number of ether oxygens (including phenoxy) is 1. The summed E-state index contributed by atoms with van der Waals surface area (Å²) in [7, 11) is 0. The van der Waals surface area contributed by atoms with Gasteiger partial charge in [-0.15, -0.1) is 0 Å². The van der Waals surface area contributed by atoms with Crippen LogP contribution in [0.15, 0.2) is 47.2 Å². The van der Waals surface area contributed by atoms with Crippen molar-refractivity contribution in [3.8, 4) is 5.88 Å². The summed E-state index contributed by atoms with van der Waals surface area (Å²) in [5.41, 5.74) is 0. The maximum absolute atomic E-state index is 12.7. The molecule has 2 aromatic rings. The molecule has 2 aromatic heterocycles. The molecule has 1 saturated carbocycles. The second-order valence-electron chi connectivity index (χ2n) is 6.46. The molecular weight excluding hydrogens is 308 g/mol. The SMILES string of the molecule is O=C(c1ccco1)N1C[C@H](Oc2ccccn2)[C@H]2C[C@@H]1CC[C@H]2O. The van der Waals surface area contributed by atoms with Gasteiger partial charge in [0.15, 0.2) is 5.76 Å². The number of aliphatic hydroxyl groups excluding tert-OH is 1. The predicted molar refractivity (Wildman–Crippen MR) is 85.5 cm³/mol. The van der Waals surface area contributed by atoms with Crippen LogP contribution in [-0.4, -0.2) is 45.7 Å². The van der Waals surface area contributed by atoms with Gasteiger partial charge in [-0.1, -0.05) is 6.07 Å². The lowest BCUT2D eigenvalue weighted by Gasteiger charge is -2.48. The first-order valence-electron chi connectivity index (χ1n) is 8.32. The number of amides is 1. The Morgan fingerprint density at radius 2 is 2.21 bits per heavy atom. The van der Waals surface area contributed by atoms with Crippen molar-refractivity contribution in [3.63, 3.8) is 0 Å². The fourth-order valence-corrected chi connectivity index (χ4v) is 3.81. The molecule has 2 fully saturated rings. The molecule has 3 heterocycles. The molecule has 2 bridgehead atoms. The predicted octanol–water partition coefficient (Wildman–Crippen LogP) is 2.11. The molecule has 0 unspecified atom stereocenters. The van der Waals surface area contributed by atoms with Crippen LogP contribution in [-0.2, 0) is 0 Å². The molecule has 24 heavy (non-hydrogen) atoms. The number of aliphatic hydroxyl groups is 1. The number of hydrogen-bond acceptors (Lipinski definition) is 5. The summed E-state index contributed by atoms with van der Waals surface area (Å²) in [6.45, 7) is 0.433. The van der Waals surface area contributed by atoms with Gasteiger partial charge in [0.05, 0.1) is 18.9 Å². The number of carbonyl (C=O) groups excluding carboxylic acids is 1. The van der Waals surface area contributed by atoms with E-state index in [1.165, 1.54) is 6.26 Å². The van der Waals surface area contributed by atoms with Crippen LogP contribution >= 0.6 is 0 Å². The molecule has 0 radical (unpaired) electrons. The van der Waals surface area contributed by atoms with Gasteiger partial charge in [0.1, 0.15) is 6.10 Å². The molecule has 4 atom stereocenters. The second kappa shape index (κ2) is 6.28. The van der Waals surface area contributed by atoms with Crippen molar-refractivity contribution in [3.05, 3.63) is 48.6 Å². The number of pyridine rings is 1. The number of aromatic nitrogens is 1. The number of carbonyl (C=O) groups is 1. The van der Waals surface area contributed by atoms with Crippen LogP contribution in [0.2, 0.25) is 0 Å². The Morgan fingerprint density at radius 3 is 2.96 bits per heavy atom. The lowest BCUT2D eigenvalue weighted by Crippen LogP contribution is -2.59. The van der Waals surface area contributed by atoms with E-state index in [0.29, 0.717) is 24.6 Å². The fourth-order valence-electron chi connectivity index (χ4n) is 3.81.